The van der Waals surface area contributed by atoms with Crippen LogP contribution in [-0.2, 0) is 26.0 Å². The molecule has 0 saturated carbocycles. The van der Waals surface area contributed by atoms with Gasteiger partial charge in [-0.25, -0.2) is 18.6 Å². The number of nitrogens with zero attached hydrogens (tertiary/aromatic N) is 1. The summed E-state index contributed by atoms with van der Waals surface area (Å²) in [7, 11) is -3.76. The molecule has 3 unspecified atom stereocenters. The highest BCUT2D eigenvalue weighted by Crippen LogP contribution is 2.22. The topological polar surface area (TPSA) is 120 Å². The van der Waals surface area contributed by atoms with Crippen LogP contribution in [0.1, 0.15) is 31.7 Å². The molecule has 1 aromatic rings. The minimum atomic E-state index is -3.76. The summed E-state index contributed by atoms with van der Waals surface area (Å²) in [4.78, 5) is 24.8. The van der Waals surface area contributed by atoms with Crippen molar-refractivity contribution in [3.8, 4) is 0 Å². The van der Waals surface area contributed by atoms with Crippen molar-refractivity contribution >= 4 is 50.7 Å². The summed E-state index contributed by atoms with van der Waals surface area (Å²) in [6.45, 7) is 3.04. The Morgan fingerprint density at radius 1 is 1.28 bits per heavy atom. The summed E-state index contributed by atoms with van der Waals surface area (Å²) in [6.07, 6.45) is 3.62. The summed E-state index contributed by atoms with van der Waals surface area (Å²) < 4.78 is 28.6. The van der Waals surface area contributed by atoms with Crippen molar-refractivity contribution in [1.29, 1.82) is 0 Å². The number of nitrogens with one attached hydrogen (secondary N) is 4. The molecule has 2 saturated heterocycles. The van der Waals surface area contributed by atoms with E-state index in [0.29, 0.717) is 24.2 Å². The van der Waals surface area contributed by atoms with Crippen LogP contribution in [0.4, 0.5) is 5.69 Å². The van der Waals surface area contributed by atoms with Crippen molar-refractivity contribution in [3.63, 3.8) is 0 Å². The quantitative estimate of drug-likeness (QED) is 0.393. The number of carbonyl (C=O) groups excluding carboxylic acids is 2. The number of alkyl halides is 2. The normalized spacial score (nSPS) is 24.4. The van der Waals surface area contributed by atoms with Crippen LogP contribution in [0.5, 0.6) is 0 Å². The molecular weight excluding hydrogens is 477 g/mol. The van der Waals surface area contributed by atoms with E-state index >= 15 is 0 Å². The fourth-order valence-corrected chi connectivity index (χ4v) is 5.52. The molecule has 0 aromatic heterocycles. The first kappa shape index (κ1) is 25.2. The Bertz CT molecular complexity index is 940. The lowest BCUT2D eigenvalue weighted by atomic mass is 10.1. The van der Waals surface area contributed by atoms with Gasteiger partial charge in [-0.15, -0.1) is 23.2 Å². The summed E-state index contributed by atoms with van der Waals surface area (Å²) in [5.41, 5.74) is 3.74. The number of carbonyl (C=O) groups is 2. The highest BCUT2D eigenvalue weighted by Gasteiger charge is 2.35. The van der Waals surface area contributed by atoms with Gasteiger partial charge in [0.25, 0.3) is 5.91 Å². The Morgan fingerprint density at radius 2 is 2.06 bits per heavy atom. The zero-order valence-electron chi connectivity index (χ0n) is 17.9. The lowest BCUT2D eigenvalue weighted by Gasteiger charge is -2.32. The van der Waals surface area contributed by atoms with E-state index in [4.69, 9.17) is 23.2 Å². The first-order chi connectivity index (χ1) is 15.2. The third kappa shape index (κ3) is 6.33. The fourth-order valence-electron chi connectivity index (χ4n) is 3.72. The molecule has 0 aliphatic carbocycles. The second-order valence-electron chi connectivity index (χ2n) is 7.93. The van der Waals surface area contributed by atoms with E-state index in [1.165, 1.54) is 6.07 Å². The zero-order chi connectivity index (χ0) is 23.3. The highest BCUT2D eigenvalue weighted by atomic mass is 35.5. The Morgan fingerprint density at radius 3 is 2.75 bits per heavy atom. The predicted octanol–water partition coefficient (Wildman–Crippen LogP) is 1.17. The zero-order valence-corrected chi connectivity index (χ0v) is 20.2. The van der Waals surface area contributed by atoms with E-state index < -0.39 is 32.6 Å². The number of rotatable bonds is 8. The van der Waals surface area contributed by atoms with Gasteiger partial charge >= 0.3 is 0 Å². The largest absolute Gasteiger partial charge is 0.324 e. The summed E-state index contributed by atoms with van der Waals surface area (Å²) in [6, 6.07) is 4.88. The minimum absolute atomic E-state index is 0.111. The molecule has 2 fully saturated rings. The van der Waals surface area contributed by atoms with Gasteiger partial charge in [0.2, 0.25) is 15.9 Å². The second-order valence-corrected chi connectivity index (χ2v) is 10.7. The SMILES string of the molecule is CCc1ccc(NC(=O)CN2NCC(Cl)C(Cl)C2=O)cc1S(=O)(=O)NCC1CCCCN1. The summed E-state index contributed by atoms with van der Waals surface area (Å²) >= 11 is 11.9. The van der Waals surface area contributed by atoms with Gasteiger partial charge in [0.15, 0.2) is 0 Å². The first-order valence-electron chi connectivity index (χ1n) is 10.7. The molecule has 12 heteroatoms. The number of hydrazine groups is 1. The Hall–Kier alpha value is -1.43. The predicted molar refractivity (Wildman–Crippen MR) is 124 cm³/mol. The summed E-state index contributed by atoms with van der Waals surface area (Å²) in [5, 5.41) is 5.60. The van der Waals surface area contributed by atoms with Crippen LogP contribution < -0.4 is 20.8 Å². The number of piperidine rings is 1. The van der Waals surface area contributed by atoms with Gasteiger partial charge < -0.3 is 10.6 Å². The van der Waals surface area contributed by atoms with Crippen LogP contribution in [0.25, 0.3) is 0 Å². The molecule has 178 valence electrons. The number of hydrogen-bond acceptors (Lipinski definition) is 6. The molecule has 0 spiro atoms. The molecule has 3 rings (SSSR count). The monoisotopic (exact) mass is 505 g/mol. The van der Waals surface area contributed by atoms with Crippen molar-refractivity contribution in [1.82, 2.24) is 20.5 Å². The number of sulfonamides is 1. The lowest BCUT2D eigenvalue weighted by molar-refractivity contribution is -0.139. The standard InChI is InChI=1S/C20H29Cl2N5O4S/c1-2-13-6-7-14(26-18(28)12-27-20(29)19(22)16(21)11-24-27)9-17(13)32(30,31)25-10-15-5-3-4-8-23-15/h6-7,9,15-16,19,23-25H,2-5,8,10-12H2,1H3,(H,26,28). The summed E-state index contributed by atoms with van der Waals surface area (Å²) in [5.74, 6) is -0.979. The molecule has 2 aliphatic rings. The van der Waals surface area contributed by atoms with Crippen molar-refractivity contribution < 1.29 is 18.0 Å². The maximum absolute atomic E-state index is 13.0. The number of amides is 2. The molecule has 0 bridgehead atoms. The molecule has 0 radical (unpaired) electrons. The molecule has 3 atom stereocenters. The van der Waals surface area contributed by atoms with Crippen LogP contribution in [-0.4, -0.2) is 68.2 Å². The number of aryl methyl sites for hydroxylation is 1. The smallest absolute Gasteiger partial charge is 0.256 e. The molecule has 2 amide bonds. The van der Waals surface area contributed by atoms with E-state index in [1.807, 2.05) is 6.92 Å². The average molecular weight is 506 g/mol. The third-order valence-electron chi connectivity index (χ3n) is 5.55. The Balaban J connectivity index is 1.67. The van der Waals surface area contributed by atoms with Crippen molar-refractivity contribution in [2.24, 2.45) is 0 Å². The van der Waals surface area contributed by atoms with E-state index in [-0.39, 0.29) is 24.0 Å². The van der Waals surface area contributed by atoms with Gasteiger partial charge in [-0.2, -0.15) is 0 Å². The lowest BCUT2D eigenvalue weighted by Crippen LogP contribution is -2.58. The third-order valence-corrected chi connectivity index (χ3v) is 8.08. The molecule has 4 N–H and O–H groups in total. The Kier molecular flexibility index (Phi) is 8.76. The van der Waals surface area contributed by atoms with Gasteiger partial charge in [-0.3, -0.25) is 14.6 Å². The van der Waals surface area contributed by atoms with Gasteiger partial charge in [-0.05, 0) is 43.5 Å². The van der Waals surface area contributed by atoms with Crippen LogP contribution >= 0.6 is 23.2 Å². The first-order valence-corrected chi connectivity index (χ1v) is 13.1. The Labute approximate surface area is 198 Å². The van der Waals surface area contributed by atoms with E-state index in [2.05, 4.69) is 20.8 Å². The molecule has 9 nitrogen and oxygen atoms in total. The molecule has 1 aromatic carbocycles. The highest BCUT2D eigenvalue weighted by molar-refractivity contribution is 7.89. The van der Waals surface area contributed by atoms with Crippen LogP contribution in [0.3, 0.4) is 0 Å². The van der Waals surface area contributed by atoms with Crippen LogP contribution in [0.2, 0.25) is 0 Å². The average Bonchev–Trinajstić information content (AvgIpc) is 2.79. The van der Waals surface area contributed by atoms with E-state index in [1.54, 1.807) is 12.1 Å². The number of halogens is 2. The maximum Gasteiger partial charge on any atom is 0.256 e. The molecule has 32 heavy (non-hydrogen) atoms. The number of anilines is 1. The van der Waals surface area contributed by atoms with E-state index in [0.717, 1.165) is 30.8 Å². The molecule has 2 heterocycles. The molecule has 2 aliphatic heterocycles. The number of hydrogen-bond donors (Lipinski definition) is 4. The van der Waals surface area contributed by atoms with Crippen LogP contribution in [0, 0.1) is 0 Å². The van der Waals surface area contributed by atoms with Gasteiger partial charge in [0, 0.05) is 24.8 Å². The van der Waals surface area contributed by atoms with Crippen molar-refractivity contribution in [2.45, 2.75) is 54.3 Å². The molecular formula is C20H29Cl2N5O4S. The number of benzene rings is 1. The fraction of sp³-hybridized carbons (Fsp3) is 0.600. The maximum atomic E-state index is 13.0. The van der Waals surface area contributed by atoms with Crippen molar-refractivity contribution in [2.75, 3.05) is 31.5 Å². The van der Waals surface area contributed by atoms with Crippen molar-refractivity contribution in [3.05, 3.63) is 23.8 Å². The van der Waals surface area contributed by atoms with Gasteiger partial charge in [-0.1, -0.05) is 19.4 Å². The van der Waals surface area contributed by atoms with Crippen LogP contribution in [0.15, 0.2) is 23.1 Å². The van der Waals surface area contributed by atoms with E-state index in [9.17, 15) is 18.0 Å². The van der Waals surface area contributed by atoms with Gasteiger partial charge in [0.05, 0.1) is 10.3 Å². The van der Waals surface area contributed by atoms with Gasteiger partial charge in [0.1, 0.15) is 11.9 Å². The second kappa shape index (κ2) is 11.1. The minimum Gasteiger partial charge on any atom is -0.324 e.